The number of nitrogens with one attached hydrogen (secondary N) is 2. The van der Waals surface area contributed by atoms with Gasteiger partial charge in [-0.25, -0.2) is 0 Å². The summed E-state index contributed by atoms with van der Waals surface area (Å²) in [5, 5.41) is 5.06. The van der Waals surface area contributed by atoms with Gasteiger partial charge in [-0.1, -0.05) is 53.6 Å². The molecule has 47 heavy (non-hydrogen) atoms. The van der Waals surface area contributed by atoms with Gasteiger partial charge < -0.3 is 15.0 Å². The lowest BCUT2D eigenvalue weighted by atomic mass is 9.61. The number of allylic oxidation sites excluding steroid dienone is 3. The van der Waals surface area contributed by atoms with Gasteiger partial charge in [0.2, 0.25) is 0 Å². The van der Waals surface area contributed by atoms with Crippen molar-refractivity contribution in [3.05, 3.63) is 99.4 Å². The number of carbonyl (C=O) groups is 2. The first kappa shape index (κ1) is 29.2. The molecule has 2 aromatic carbocycles. The van der Waals surface area contributed by atoms with Gasteiger partial charge in [-0.05, 0) is 81.3 Å². The summed E-state index contributed by atoms with van der Waals surface area (Å²) in [7, 11) is 3.69. The number of likely N-dealkylation sites (N-methyl/N-ethyl adjacent to an activating group) is 1. The van der Waals surface area contributed by atoms with Crippen molar-refractivity contribution in [2.75, 3.05) is 39.1 Å². The van der Waals surface area contributed by atoms with E-state index in [0.29, 0.717) is 6.04 Å². The van der Waals surface area contributed by atoms with Crippen LogP contribution in [-0.4, -0.2) is 72.9 Å². The Bertz CT molecular complexity index is 1930. The number of hydrogen-bond acceptors (Lipinski definition) is 6. The zero-order valence-corrected chi connectivity index (χ0v) is 27.8. The van der Waals surface area contributed by atoms with Gasteiger partial charge in [-0.15, -0.1) is 0 Å². The number of aldehydes is 1. The average molecular weight is 629 g/mol. The number of ether oxygens (including phenoxy) is 1. The molecule has 4 bridgehead atoms. The van der Waals surface area contributed by atoms with Crippen molar-refractivity contribution in [3.8, 4) is 0 Å². The molecule has 3 fully saturated rings. The van der Waals surface area contributed by atoms with Crippen LogP contribution in [0.1, 0.15) is 61.4 Å². The number of benzene rings is 2. The molecule has 2 N–H and O–H groups in total. The minimum absolute atomic E-state index is 0.0562. The number of aromatic nitrogens is 1. The fourth-order valence-electron chi connectivity index (χ4n) is 11.0. The van der Waals surface area contributed by atoms with Crippen molar-refractivity contribution in [2.24, 2.45) is 17.8 Å². The minimum atomic E-state index is -0.240. The molecule has 6 aliphatic rings. The normalized spacial score (nSPS) is 34.5. The minimum Gasteiger partial charge on any atom is -0.469 e. The van der Waals surface area contributed by atoms with Crippen molar-refractivity contribution >= 4 is 28.8 Å². The van der Waals surface area contributed by atoms with Crippen LogP contribution in [0.25, 0.3) is 10.9 Å². The number of para-hydroxylation sites is 1. The molecule has 7 nitrogen and oxygen atoms in total. The summed E-state index contributed by atoms with van der Waals surface area (Å²) in [6, 6.07) is 16.1. The highest BCUT2D eigenvalue weighted by Crippen LogP contribution is 2.61. The number of carbonyl (C=O) groups excluding carboxylic acids is 2. The van der Waals surface area contributed by atoms with E-state index < -0.39 is 0 Å². The highest BCUT2D eigenvalue weighted by atomic mass is 16.5. The van der Waals surface area contributed by atoms with E-state index in [1.54, 1.807) is 0 Å². The molecule has 0 amide bonds. The standard InChI is InChI=1S/C40H44N4O3/c1-5-22-19-43(3)34-17-29-25-9-7-8-10-32(25)41-37(29)28(16-27(22)36(34)39(46)47-4)24-11-12-33-31(15-24)40-13-14-44-20-23(6-2)26(18-35(40)44)30(21-45)38(40)42-33/h5-12,15,21,26-28,34-36,41-42H,13-14,16-20H2,1-4H3/b22-5+,23-6+/t26-,27-,28-,34-,35-,36-,40?/m0/s1. The van der Waals surface area contributed by atoms with E-state index in [2.05, 4.69) is 95.6 Å². The van der Waals surface area contributed by atoms with Crippen molar-refractivity contribution in [1.29, 1.82) is 0 Å². The number of likely N-dealkylation sites (tertiary alicyclic amines) is 1. The third kappa shape index (κ3) is 3.87. The van der Waals surface area contributed by atoms with Gasteiger partial charge in [-0.3, -0.25) is 19.4 Å². The second kappa shape index (κ2) is 10.5. The van der Waals surface area contributed by atoms with E-state index in [9.17, 15) is 9.59 Å². The molecule has 1 aromatic heterocycles. The molecule has 2 aliphatic carbocycles. The molecule has 0 radical (unpaired) electrons. The Labute approximate surface area is 276 Å². The van der Waals surface area contributed by atoms with Crippen LogP contribution >= 0.6 is 0 Å². The molecule has 1 unspecified atom stereocenters. The van der Waals surface area contributed by atoms with Crippen LogP contribution in [0.2, 0.25) is 0 Å². The van der Waals surface area contributed by atoms with Crippen LogP contribution < -0.4 is 5.32 Å². The van der Waals surface area contributed by atoms with Crippen molar-refractivity contribution < 1.29 is 14.3 Å². The fourth-order valence-corrected chi connectivity index (χ4v) is 11.0. The predicted octanol–water partition coefficient (Wildman–Crippen LogP) is 6.08. The molecule has 9 rings (SSSR count). The summed E-state index contributed by atoms with van der Waals surface area (Å²) in [6.45, 7) is 7.08. The van der Waals surface area contributed by atoms with Crippen LogP contribution in [0.3, 0.4) is 0 Å². The van der Waals surface area contributed by atoms with Crippen LogP contribution in [-0.2, 0) is 26.2 Å². The number of hydrogen-bond donors (Lipinski definition) is 2. The van der Waals surface area contributed by atoms with Crippen molar-refractivity contribution in [1.82, 2.24) is 14.8 Å². The topological polar surface area (TPSA) is 77.7 Å². The lowest BCUT2D eigenvalue weighted by Gasteiger charge is -2.48. The van der Waals surface area contributed by atoms with Crippen LogP contribution in [0.4, 0.5) is 5.69 Å². The summed E-state index contributed by atoms with van der Waals surface area (Å²) in [4.78, 5) is 35.4. The summed E-state index contributed by atoms with van der Waals surface area (Å²) in [5.74, 6) is 0.00335. The van der Waals surface area contributed by atoms with Gasteiger partial charge in [0.15, 0.2) is 0 Å². The third-order valence-electron chi connectivity index (χ3n) is 13.2. The lowest BCUT2D eigenvalue weighted by molar-refractivity contribution is -0.151. The molecule has 5 heterocycles. The molecule has 7 heteroatoms. The van der Waals surface area contributed by atoms with E-state index in [0.717, 1.165) is 74.1 Å². The zero-order valence-electron chi connectivity index (χ0n) is 27.8. The number of methoxy groups -OCH3 is 1. The van der Waals surface area contributed by atoms with Gasteiger partial charge in [0.25, 0.3) is 0 Å². The number of nitrogens with zero attached hydrogens (tertiary/aromatic N) is 2. The Kier molecular flexibility index (Phi) is 6.55. The summed E-state index contributed by atoms with van der Waals surface area (Å²) in [6.07, 6.45) is 9.24. The smallest absolute Gasteiger partial charge is 0.310 e. The van der Waals surface area contributed by atoms with Gasteiger partial charge >= 0.3 is 5.97 Å². The molecule has 0 saturated carbocycles. The number of piperidine rings is 2. The number of H-pyrrole nitrogens is 1. The largest absolute Gasteiger partial charge is 0.469 e. The van der Waals surface area contributed by atoms with Crippen LogP contribution in [0.15, 0.2) is 77.0 Å². The van der Waals surface area contributed by atoms with E-state index in [1.165, 1.54) is 46.0 Å². The van der Waals surface area contributed by atoms with E-state index in [-0.39, 0.29) is 41.1 Å². The SMILES string of the molecule is C/C=C1\CN2CCC34C(=C(C=O)[C@H]1C[C@H]23)Nc1ccc([C@@H]2C[C@H]3/C(=C/C)CN(C)[C@@H](Cc5c2[nH]c2ccccc52)[C@H]3C(=O)OC)cc14. The average Bonchev–Trinajstić information content (AvgIpc) is 3.77. The number of rotatable bonds is 3. The maximum absolute atomic E-state index is 13.7. The molecule has 242 valence electrons. The second-order valence-corrected chi connectivity index (χ2v) is 14.8. The Morgan fingerprint density at radius 1 is 1.04 bits per heavy atom. The van der Waals surface area contributed by atoms with Gasteiger partial charge in [-0.2, -0.15) is 0 Å². The second-order valence-electron chi connectivity index (χ2n) is 14.8. The molecular weight excluding hydrogens is 584 g/mol. The lowest BCUT2D eigenvalue weighted by Crippen LogP contribution is -2.53. The van der Waals surface area contributed by atoms with Gasteiger partial charge in [0, 0.05) is 77.1 Å². The molecular formula is C40H44N4O3. The summed E-state index contributed by atoms with van der Waals surface area (Å²) in [5.41, 5.74) is 12.1. The quantitative estimate of drug-likeness (QED) is 0.208. The van der Waals surface area contributed by atoms with Crippen molar-refractivity contribution in [3.63, 3.8) is 0 Å². The zero-order chi connectivity index (χ0) is 32.2. The maximum Gasteiger partial charge on any atom is 0.310 e. The number of aromatic amines is 1. The van der Waals surface area contributed by atoms with Gasteiger partial charge in [0.05, 0.1) is 18.4 Å². The van der Waals surface area contributed by atoms with Gasteiger partial charge in [0.1, 0.15) is 6.29 Å². The van der Waals surface area contributed by atoms with Crippen molar-refractivity contribution in [2.45, 2.75) is 62.9 Å². The highest BCUT2D eigenvalue weighted by molar-refractivity contribution is 5.87. The third-order valence-corrected chi connectivity index (χ3v) is 13.2. The Morgan fingerprint density at radius 2 is 1.87 bits per heavy atom. The predicted molar refractivity (Wildman–Crippen MR) is 184 cm³/mol. The van der Waals surface area contributed by atoms with Crippen LogP contribution in [0.5, 0.6) is 0 Å². The molecule has 4 aliphatic heterocycles. The van der Waals surface area contributed by atoms with E-state index in [1.807, 2.05) is 0 Å². The first-order valence-electron chi connectivity index (χ1n) is 17.4. The number of fused-ring (bicyclic) bond motifs is 7. The molecule has 3 saturated heterocycles. The number of esters is 1. The molecule has 1 spiro atoms. The molecule has 7 atom stereocenters. The van der Waals surface area contributed by atoms with E-state index >= 15 is 0 Å². The number of anilines is 1. The summed E-state index contributed by atoms with van der Waals surface area (Å²) < 4.78 is 5.54. The van der Waals surface area contributed by atoms with E-state index in [4.69, 9.17) is 4.74 Å². The molecule has 3 aromatic rings. The fraction of sp³-hybridized carbons (Fsp3) is 0.450. The summed E-state index contributed by atoms with van der Waals surface area (Å²) >= 11 is 0. The Balaban J connectivity index is 1.24. The Morgan fingerprint density at radius 3 is 2.66 bits per heavy atom. The monoisotopic (exact) mass is 628 g/mol. The first-order valence-corrected chi connectivity index (χ1v) is 17.4. The highest BCUT2D eigenvalue weighted by Gasteiger charge is 2.61. The first-order chi connectivity index (χ1) is 22.9. The Hall–Kier alpha value is -3.94. The van der Waals surface area contributed by atoms with Crippen LogP contribution in [0, 0.1) is 17.8 Å². The maximum atomic E-state index is 13.7.